The molecule has 0 aliphatic rings. The van der Waals surface area contributed by atoms with Gasteiger partial charge in [-0.25, -0.2) is 4.79 Å². The molecule has 0 aromatic carbocycles. The Morgan fingerprint density at radius 2 is 1.67 bits per heavy atom. The number of nitrogens with one attached hydrogen (secondary N) is 3. The van der Waals surface area contributed by atoms with Gasteiger partial charge < -0.3 is 32.5 Å². The van der Waals surface area contributed by atoms with E-state index < -0.39 is 41.8 Å². The van der Waals surface area contributed by atoms with Crippen molar-refractivity contribution in [2.45, 2.75) is 64.1 Å². The number of aliphatic carboxylic acids is 1. The Morgan fingerprint density at radius 1 is 1.00 bits per heavy atom. The SMILES string of the molecule is CSCCC(N)C(=O)NCC(=O)NC(CC(C)C)C(=O)NC(CCCCN)C(=O)O. The Balaban J connectivity index is 4.81. The van der Waals surface area contributed by atoms with Crippen LogP contribution >= 0.6 is 11.8 Å². The lowest BCUT2D eigenvalue weighted by Crippen LogP contribution is -2.54. The number of carbonyl (C=O) groups is 4. The van der Waals surface area contributed by atoms with Crippen molar-refractivity contribution in [2.24, 2.45) is 17.4 Å². The second-order valence-electron chi connectivity index (χ2n) is 7.54. The van der Waals surface area contributed by atoms with Crippen LogP contribution in [0.5, 0.6) is 0 Å². The van der Waals surface area contributed by atoms with E-state index in [0.29, 0.717) is 32.2 Å². The Labute approximate surface area is 182 Å². The van der Waals surface area contributed by atoms with E-state index in [-0.39, 0.29) is 18.9 Å². The smallest absolute Gasteiger partial charge is 0.326 e. The number of amides is 3. The van der Waals surface area contributed by atoms with E-state index in [1.54, 1.807) is 11.8 Å². The second-order valence-corrected chi connectivity index (χ2v) is 8.52. The highest BCUT2D eigenvalue weighted by Crippen LogP contribution is 2.07. The van der Waals surface area contributed by atoms with Crippen LogP contribution in [0.4, 0.5) is 0 Å². The van der Waals surface area contributed by atoms with Gasteiger partial charge in [0.2, 0.25) is 17.7 Å². The number of rotatable bonds is 16. The highest BCUT2D eigenvalue weighted by molar-refractivity contribution is 7.98. The summed E-state index contributed by atoms with van der Waals surface area (Å²) < 4.78 is 0. The molecule has 0 fully saturated rings. The summed E-state index contributed by atoms with van der Waals surface area (Å²) in [5.41, 5.74) is 11.2. The fourth-order valence-corrected chi connectivity index (χ4v) is 3.13. The van der Waals surface area contributed by atoms with E-state index >= 15 is 0 Å². The molecule has 10 nitrogen and oxygen atoms in total. The van der Waals surface area contributed by atoms with Gasteiger partial charge in [-0.1, -0.05) is 13.8 Å². The molecule has 3 atom stereocenters. The summed E-state index contributed by atoms with van der Waals surface area (Å²) in [6.45, 7) is 3.90. The van der Waals surface area contributed by atoms with Gasteiger partial charge in [0.05, 0.1) is 12.6 Å². The Hall–Kier alpha value is -1.85. The standard InChI is InChI=1S/C19H37N5O5S/c1-12(2)10-15(18(27)24-14(19(28)29)6-4-5-8-20)23-16(25)11-22-17(26)13(21)7-9-30-3/h12-15H,4-11,20-21H2,1-3H3,(H,22,26)(H,23,25)(H,24,27)(H,28,29). The van der Waals surface area contributed by atoms with Gasteiger partial charge in [0.25, 0.3) is 0 Å². The first-order valence-corrected chi connectivity index (χ1v) is 11.6. The number of nitrogens with two attached hydrogens (primary N) is 2. The molecule has 30 heavy (non-hydrogen) atoms. The van der Waals surface area contributed by atoms with Gasteiger partial charge in [-0.15, -0.1) is 0 Å². The lowest BCUT2D eigenvalue weighted by molar-refractivity contribution is -0.142. The van der Waals surface area contributed by atoms with E-state index in [1.807, 2.05) is 20.1 Å². The number of hydrogen-bond donors (Lipinski definition) is 6. The molecule has 0 heterocycles. The first-order valence-electron chi connectivity index (χ1n) is 10.2. The molecule has 0 aliphatic carbocycles. The highest BCUT2D eigenvalue weighted by Gasteiger charge is 2.27. The van der Waals surface area contributed by atoms with Crippen LogP contribution in [0.3, 0.4) is 0 Å². The van der Waals surface area contributed by atoms with Gasteiger partial charge in [0.15, 0.2) is 0 Å². The molecule has 0 rings (SSSR count). The van der Waals surface area contributed by atoms with Crippen molar-refractivity contribution >= 4 is 35.5 Å². The van der Waals surface area contributed by atoms with E-state index in [9.17, 15) is 24.3 Å². The molecule has 8 N–H and O–H groups in total. The zero-order valence-corrected chi connectivity index (χ0v) is 18.9. The normalized spacial score (nSPS) is 13.9. The van der Waals surface area contributed by atoms with Crippen molar-refractivity contribution in [1.29, 1.82) is 0 Å². The molecule has 3 amide bonds. The third kappa shape index (κ3) is 12.7. The largest absolute Gasteiger partial charge is 0.480 e. The predicted molar refractivity (Wildman–Crippen MR) is 118 cm³/mol. The first-order chi connectivity index (χ1) is 14.1. The number of thioether (sulfide) groups is 1. The molecule has 174 valence electrons. The summed E-state index contributed by atoms with van der Waals surface area (Å²) >= 11 is 1.57. The molecule has 3 unspecified atom stereocenters. The van der Waals surface area contributed by atoms with Crippen molar-refractivity contribution in [3.63, 3.8) is 0 Å². The first kappa shape index (κ1) is 28.1. The molecule has 0 aromatic heterocycles. The Bertz CT molecular complexity index is 561. The van der Waals surface area contributed by atoms with Gasteiger partial charge in [-0.3, -0.25) is 14.4 Å². The maximum absolute atomic E-state index is 12.6. The second kappa shape index (κ2) is 15.9. The predicted octanol–water partition coefficient (Wildman–Crippen LogP) is -0.588. The van der Waals surface area contributed by atoms with Crippen LogP contribution in [0.2, 0.25) is 0 Å². The minimum absolute atomic E-state index is 0.0797. The molecule has 0 saturated heterocycles. The average molecular weight is 448 g/mol. The lowest BCUT2D eigenvalue weighted by Gasteiger charge is -2.23. The van der Waals surface area contributed by atoms with Gasteiger partial charge in [0, 0.05) is 0 Å². The Morgan fingerprint density at radius 3 is 2.20 bits per heavy atom. The van der Waals surface area contributed by atoms with Crippen molar-refractivity contribution in [1.82, 2.24) is 16.0 Å². The molecular weight excluding hydrogens is 410 g/mol. The Kier molecular flexibility index (Phi) is 14.9. The quantitative estimate of drug-likeness (QED) is 0.170. The topological polar surface area (TPSA) is 177 Å². The maximum atomic E-state index is 12.6. The van der Waals surface area contributed by atoms with Gasteiger partial charge in [-0.2, -0.15) is 11.8 Å². The van der Waals surface area contributed by atoms with Gasteiger partial charge in [0.1, 0.15) is 12.1 Å². The van der Waals surface area contributed by atoms with Crippen molar-refractivity contribution < 1.29 is 24.3 Å². The number of unbranched alkanes of at least 4 members (excludes halogenated alkanes) is 1. The number of carbonyl (C=O) groups excluding carboxylic acids is 3. The van der Waals surface area contributed by atoms with Crippen LogP contribution in [0.1, 0.15) is 46.0 Å². The molecule has 0 spiro atoms. The van der Waals surface area contributed by atoms with Gasteiger partial charge >= 0.3 is 5.97 Å². The third-order valence-corrected chi connectivity index (χ3v) is 4.96. The van der Waals surface area contributed by atoms with E-state index in [0.717, 1.165) is 5.75 Å². The molecule has 0 saturated carbocycles. The minimum Gasteiger partial charge on any atom is -0.480 e. The van der Waals surface area contributed by atoms with Crippen LogP contribution in [0.25, 0.3) is 0 Å². The van der Waals surface area contributed by atoms with Crippen LogP contribution in [-0.2, 0) is 19.2 Å². The molecule has 0 aliphatic heterocycles. The molecule has 0 radical (unpaired) electrons. The van der Waals surface area contributed by atoms with E-state index in [1.165, 1.54) is 0 Å². The fourth-order valence-electron chi connectivity index (χ4n) is 2.65. The van der Waals surface area contributed by atoms with Gasteiger partial charge in [-0.05, 0) is 56.6 Å². The van der Waals surface area contributed by atoms with Crippen LogP contribution in [0, 0.1) is 5.92 Å². The summed E-state index contributed by atoms with van der Waals surface area (Å²) in [4.78, 5) is 48.2. The van der Waals surface area contributed by atoms with Crippen LogP contribution in [0.15, 0.2) is 0 Å². The summed E-state index contributed by atoms with van der Waals surface area (Å²) in [6, 6.07) is -2.66. The fraction of sp³-hybridized carbons (Fsp3) is 0.789. The molecule has 0 bridgehead atoms. The summed E-state index contributed by atoms with van der Waals surface area (Å²) in [5, 5.41) is 16.9. The molecular formula is C19H37N5O5S. The van der Waals surface area contributed by atoms with E-state index in [2.05, 4.69) is 16.0 Å². The zero-order valence-electron chi connectivity index (χ0n) is 18.1. The molecule has 11 heteroatoms. The maximum Gasteiger partial charge on any atom is 0.326 e. The number of carboxylic acids is 1. The zero-order chi connectivity index (χ0) is 23.1. The van der Waals surface area contributed by atoms with Crippen molar-refractivity contribution in [2.75, 3.05) is 25.1 Å². The third-order valence-electron chi connectivity index (χ3n) is 4.31. The monoisotopic (exact) mass is 447 g/mol. The van der Waals surface area contributed by atoms with Crippen molar-refractivity contribution in [3.05, 3.63) is 0 Å². The summed E-state index contributed by atoms with van der Waals surface area (Å²) in [5.74, 6) is -1.88. The minimum atomic E-state index is -1.14. The summed E-state index contributed by atoms with van der Waals surface area (Å²) in [6.07, 6.45) is 4.21. The summed E-state index contributed by atoms with van der Waals surface area (Å²) in [7, 11) is 0. The average Bonchev–Trinajstić information content (AvgIpc) is 2.68. The molecule has 0 aromatic rings. The highest BCUT2D eigenvalue weighted by atomic mass is 32.2. The van der Waals surface area contributed by atoms with E-state index in [4.69, 9.17) is 11.5 Å². The van der Waals surface area contributed by atoms with Crippen LogP contribution < -0.4 is 27.4 Å². The number of carboxylic acid groups (broad SMARTS) is 1. The van der Waals surface area contributed by atoms with Crippen molar-refractivity contribution in [3.8, 4) is 0 Å². The van der Waals surface area contributed by atoms with Crippen LogP contribution in [-0.4, -0.2) is 72.0 Å². The lowest BCUT2D eigenvalue weighted by atomic mass is 10.0. The number of hydrogen-bond acceptors (Lipinski definition) is 7.